The maximum absolute atomic E-state index is 11.0. The highest BCUT2D eigenvalue weighted by atomic mass is 16.4. The Labute approximate surface area is 106 Å². The highest BCUT2D eigenvalue weighted by molar-refractivity contribution is 5.99. The molecule has 0 saturated heterocycles. The lowest BCUT2D eigenvalue weighted by Gasteiger charge is -2.19. The number of carbonyl (C=O) groups is 1. The molecule has 0 aromatic heterocycles. The first-order chi connectivity index (χ1) is 8.49. The van der Waals surface area contributed by atoms with Crippen LogP contribution in [0.25, 0.3) is 0 Å². The van der Waals surface area contributed by atoms with E-state index in [-0.39, 0.29) is 0 Å². The molecule has 4 N–H and O–H groups in total. The number of carboxylic acid groups (broad SMARTS) is 1. The number of aliphatic imine (C=N–C) groups is 1. The van der Waals surface area contributed by atoms with E-state index < -0.39 is 11.5 Å². The molecule has 1 atom stereocenters. The minimum absolute atomic E-state index is 0.295. The van der Waals surface area contributed by atoms with Gasteiger partial charge in [-0.25, -0.2) is 0 Å². The maximum atomic E-state index is 11.0. The molecule has 2 rings (SSSR count). The minimum atomic E-state index is -1.25. The average Bonchev–Trinajstić information content (AvgIpc) is 2.82. The third kappa shape index (κ3) is 2.68. The van der Waals surface area contributed by atoms with Gasteiger partial charge in [0.15, 0.2) is 0 Å². The molecule has 0 radical (unpaired) electrons. The van der Waals surface area contributed by atoms with Crippen LogP contribution in [0, 0.1) is 0 Å². The van der Waals surface area contributed by atoms with E-state index in [1.807, 2.05) is 24.3 Å². The van der Waals surface area contributed by atoms with Crippen LogP contribution in [0.15, 0.2) is 29.3 Å². The van der Waals surface area contributed by atoms with E-state index in [2.05, 4.69) is 10.3 Å². The zero-order valence-electron chi connectivity index (χ0n) is 10.3. The first-order valence-electron chi connectivity index (χ1n) is 5.89. The normalized spacial score (nSPS) is 17.8. The molecular formula is C13H17N3O2. The molecule has 0 fully saturated rings. The fourth-order valence-corrected chi connectivity index (χ4v) is 1.92. The van der Waals surface area contributed by atoms with Crippen molar-refractivity contribution in [1.82, 2.24) is 5.32 Å². The Balaban J connectivity index is 2.20. The largest absolute Gasteiger partial charge is 0.480 e. The van der Waals surface area contributed by atoms with Gasteiger partial charge in [0.2, 0.25) is 0 Å². The summed E-state index contributed by atoms with van der Waals surface area (Å²) in [5.74, 6) is -0.130. The molecule has 1 heterocycles. The number of nitrogens with zero attached hydrogens (tertiary/aromatic N) is 1. The molecule has 1 unspecified atom stereocenters. The van der Waals surface area contributed by atoms with Crippen molar-refractivity contribution < 1.29 is 9.90 Å². The summed E-state index contributed by atoms with van der Waals surface area (Å²) in [5.41, 5.74) is 6.38. The van der Waals surface area contributed by atoms with E-state index in [0.29, 0.717) is 6.42 Å². The first kappa shape index (κ1) is 12.6. The number of carboxylic acids is 1. The quantitative estimate of drug-likeness (QED) is 0.718. The number of hydrogen-bond donors (Lipinski definition) is 3. The van der Waals surface area contributed by atoms with Crippen molar-refractivity contribution in [3.8, 4) is 0 Å². The molecule has 0 aliphatic carbocycles. The Bertz CT molecular complexity index is 495. The summed E-state index contributed by atoms with van der Waals surface area (Å²) in [6.45, 7) is 3.15. The van der Waals surface area contributed by atoms with Crippen LogP contribution in [-0.4, -0.2) is 35.5 Å². The molecular weight excluding hydrogens is 230 g/mol. The summed E-state index contributed by atoms with van der Waals surface area (Å²) in [7, 11) is 0. The average molecular weight is 247 g/mol. The van der Waals surface area contributed by atoms with Crippen LogP contribution in [0.1, 0.15) is 18.1 Å². The summed E-state index contributed by atoms with van der Waals surface area (Å²) in [6, 6.07) is 7.67. The van der Waals surface area contributed by atoms with Crippen molar-refractivity contribution in [3.63, 3.8) is 0 Å². The molecule has 1 aliphatic heterocycles. The number of rotatable bonds is 4. The Hall–Kier alpha value is -1.88. The number of nitrogens with one attached hydrogen (secondary N) is 1. The van der Waals surface area contributed by atoms with Gasteiger partial charge >= 0.3 is 5.97 Å². The number of nitrogens with two attached hydrogens (primary N) is 1. The summed E-state index contributed by atoms with van der Waals surface area (Å²) in [5, 5.41) is 12.2. The lowest BCUT2D eigenvalue weighted by Crippen LogP contribution is -2.46. The lowest BCUT2D eigenvalue weighted by atomic mass is 9.93. The zero-order valence-corrected chi connectivity index (χ0v) is 10.3. The van der Waals surface area contributed by atoms with Gasteiger partial charge in [-0.15, -0.1) is 0 Å². The smallest absolute Gasteiger partial charge is 0.323 e. The molecule has 0 saturated carbocycles. The third-order valence-electron chi connectivity index (χ3n) is 2.93. The van der Waals surface area contributed by atoms with Crippen molar-refractivity contribution in [2.75, 3.05) is 13.1 Å². The van der Waals surface area contributed by atoms with E-state index in [9.17, 15) is 4.79 Å². The lowest BCUT2D eigenvalue weighted by molar-refractivity contribution is -0.142. The van der Waals surface area contributed by atoms with Crippen molar-refractivity contribution in [1.29, 1.82) is 0 Å². The van der Waals surface area contributed by atoms with Crippen LogP contribution in [-0.2, 0) is 11.2 Å². The van der Waals surface area contributed by atoms with Crippen LogP contribution < -0.4 is 11.1 Å². The molecule has 1 aromatic rings. The van der Waals surface area contributed by atoms with E-state index >= 15 is 0 Å². The van der Waals surface area contributed by atoms with Gasteiger partial charge in [-0.3, -0.25) is 9.79 Å². The summed E-state index contributed by atoms with van der Waals surface area (Å²) in [6.07, 6.45) is 0.295. The van der Waals surface area contributed by atoms with Gasteiger partial charge in [-0.1, -0.05) is 18.2 Å². The van der Waals surface area contributed by atoms with Gasteiger partial charge < -0.3 is 16.2 Å². The summed E-state index contributed by atoms with van der Waals surface area (Å²) < 4.78 is 0. The van der Waals surface area contributed by atoms with Gasteiger partial charge in [-0.05, 0) is 18.6 Å². The highest BCUT2D eigenvalue weighted by Crippen LogP contribution is 2.14. The molecule has 1 aromatic carbocycles. The Morgan fingerprint density at radius 2 is 2.39 bits per heavy atom. The van der Waals surface area contributed by atoms with Gasteiger partial charge in [0, 0.05) is 18.5 Å². The molecule has 5 nitrogen and oxygen atoms in total. The predicted octanol–water partition coefficient (Wildman–Crippen LogP) is 0.381. The zero-order chi connectivity index (χ0) is 13.2. The minimum Gasteiger partial charge on any atom is -0.480 e. The van der Waals surface area contributed by atoms with Gasteiger partial charge in [0.05, 0.1) is 6.54 Å². The molecule has 96 valence electrons. The van der Waals surface area contributed by atoms with Crippen molar-refractivity contribution in [3.05, 3.63) is 35.4 Å². The third-order valence-corrected chi connectivity index (χ3v) is 2.93. The second-order valence-corrected chi connectivity index (χ2v) is 4.76. The highest BCUT2D eigenvalue weighted by Gasteiger charge is 2.28. The van der Waals surface area contributed by atoms with E-state index in [4.69, 9.17) is 10.8 Å². The van der Waals surface area contributed by atoms with Crippen LogP contribution in [0.2, 0.25) is 0 Å². The number of benzene rings is 1. The Morgan fingerprint density at radius 3 is 3.00 bits per heavy atom. The Morgan fingerprint density at radius 1 is 1.61 bits per heavy atom. The monoisotopic (exact) mass is 247 g/mol. The van der Waals surface area contributed by atoms with E-state index in [0.717, 1.165) is 30.1 Å². The summed E-state index contributed by atoms with van der Waals surface area (Å²) >= 11 is 0. The standard InChI is InChI=1S/C13H17N3O2/c1-13(14,12(17)18)8-9-3-2-4-10(7-9)11-15-5-6-16-11/h2-4,7H,5-6,8,14H2,1H3,(H,15,16)(H,17,18). The SMILES string of the molecule is CC(N)(Cc1cccc(C2=NCCN2)c1)C(=O)O. The number of amidine groups is 1. The molecule has 0 spiro atoms. The maximum Gasteiger partial charge on any atom is 0.323 e. The second kappa shape index (κ2) is 4.78. The van der Waals surface area contributed by atoms with Gasteiger partial charge in [0.25, 0.3) is 0 Å². The summed E-state index contributed by atoms with van der Waals surface area (Å²) in [4.78, 5) is 15.3. The topological polar surface area (TPSA) is 87.7 Å². The molecule has 18 heavy (non-hydrogen) atoms. The van der Waals surface area contributed by atoms with Crippen LogP contribution >= 0.6 is 0 Å². The van der Waals surface area contributed by atoms with Crippen molar-refractivity contribution >= 4 is 11.8 Å². The fourth-order valence-electron chi connectivity index (χ4n) is 1.92. The first-order valence-corrected chi connectivity index (χ1v) is 5.89. The van der Waals surface area contributed by atoms with Crippen molar-refractivity contribution in [2.24, 2.45) is 10.7 Å². The van der Waals surface area contributed by atoms with Crippen molar-refractivity contribution in [2.45, 2.75) is 18.9 Å². The number of hydrogen-bond acceptors (Lipinski definition) is 4. The molecule has 0 amide bonds. The fraction of sp³-hybridized carbons (Fsp3) is 0.385. The molecule has 5 heteroatoms. The van der Waals surface area contributed by atoms with Crippen LogP contribution in [0.5, 0.6) is 0 Å². The van der Waals surface area contributed by atoms with Gasteiger partial charge in [0.1, 0.15) is 11.4 Å². The Kier molecular flexibility index (Phi) is 3.34. The molecule has 0 bridgehead atoms. The van der Waals surface area contributed by atoms with E-state index in [1.54, 1.807) is 0 Å². The van der Waals surface area contributed by atoms with Crippen LogP contribution in [0.4, 0.5) is 0 Å². The number of aliphatic carboxylic acids is 1. The van der Waals surface area contributed by atoms with Gasteiger partial charge in [-0.2, -0.15) is 0 Å². The van der Waals surface area contributed by atoms with Crippen LogP contribution in [0.3, 0.4) is 0 Å². The molecule has 1 aliphatic rings. The van der Waals surface area contributed by atoms with E-state index in [1.165, 1.54) is 6.92 Å². The predicted molar refractivity (Wildman–Crippen MR) is 69.8 cm³/mol. The second-order valence-electron chi connectivity index (χ2n) is 4.76.